The van der Waals surface area contributed by atoms with Crippen LogP contribution in [-0.4, -0.2) is 47.2 Å². The van der Waals surface area contributed by atoms with Crippen LogP contribution in [0.1, 0.15) is 44.5 Å². The number of benzene rings is 2. The Hall–Kier alpha value is -4.64. The minimum Gasteiger partial charge on any atom is -0.508 e. The van der Waals surface area contributed by atoms with Gasteiger partial charge in [0.1, 0.15) is 11.9 Å². The molecule has 1 aliphatic rings. The molecule has 5 rings (SSSR count). The highest BCUT2D eigenvalue weighted by Gasteiger charge is 2.25. The number of hydrogen-bond donors (Lipinski definition) is 4. The van der Waals surface area contributed by atoms with E-state index in [0.29, 0.717) is 36.6 Å². The number of fused-ring (bicyclic) bond motifs is 1. The maximum Gasteiger partial charge on any atom is 0.357 e. The molecule has 0 aliphatic carbocycles. The summed E-state index contributed by atoms with van der Waals surface area (Å²) in [5, 5.41) is 22.6. The molecule has 0 saturated heterocycles. The molecule has 1 aliphatic heterocycles. The molecule has 10 nitrogen and oxygen atoms in total. The Morgan fingerprint density at radius 3 is 2.79 bits per heavy atom. The topological polar surface area (TPSA) is 135 Å². The highest BCUT2D eigenvalue weighted by molar-refractivity contribution is 7.09. The number of esters is 1. The second kappa shape index (κ2) is 11.4. The number of aromatic hydroxyl groups is 1. The third-order valence-electron chi connectivity index (χ3n) is 6.16. The fourth-order valence-corrected chi connectivity index (χ4v) is 5.04. The summed E-state index contributed by atoms with van der Waals surface area (Å²) in [4.78, 5) is 33.1. The first-order valence-electron chi connectivity index (χ1n) is 12.4. The third-order valence-corrected chi connectivity index (χ3v) is 7.06. The summed E-state index contributed by atoms with van der Waals surface area (Å²) in [6.07, 6.45) is 1.76. The Morgan fingerprint density at radius 2 is 1.97 bits per heavy atom. The molecule has 2 aromatic carbocycles. The van der Waals surface area contributed by atoms with Gasteiger partial charge < -0.3 is 30.5 Å². The number of carbonyl (C=O) groups is 2. The fourth-order valence-electron chi connectivity index (χ4n) is 4.27. The van der Waals surface area contributed by atoms with Gasteiger partial charge in [-0.15, -0.1) is 11.3 Å². The van der Waals surface area contributed by atoms with Crippen LogP contribution in [0.25, 0.3) is 11.1 Å². The van der Waals surface area contributed by atoms with Gasteiger partial charge in [-0.05, 0) is 55.0 Å². The van der Waals surface area contributed by atoms with E-state index in [0.717, 1.165) is 27.5 Å². The van der Waals surface area contributed by atoms with Crippen LogP contribution in [0.5, 0.6) is 11.6 Å². The first-order chi connectivity index (χ1) is 19.0. The average molecular weight is 546 g/mol. The highest BCUT2D eigenvalue weighted by atomic mass is 32.1. The number of nitrogens with zero attached hydrogens (tertiary/aromatic N) is 2. The van der Waals surface area contributed by atoms with E-state index in [1.54, 1.807) is 43.8 Å². The molecule has 0 saturated carbocycles. The van der Waals surface area contributed by atoms with Gasteiger partial charge in [0.15, 0.2) is 5.69 Å². The van der Waals surface area contributed by atoms with E-state index in [9.17, 15) is 14.7 Å². The van der Waals surface area contributed by atoms with Gasteiger partial charge in [-0.2, -0.15) is 0 Å². The first kappa shape index (κ1) is 26.0. The maximum absolute atomic E-state index is 12.8. The van der Waals surface area contributed by atoms with E-state index in [1.165, 1.54) is 11.3 Å². The fraction of sp³-hybridized carbons (Fsp3) is 0.214. The van der Waals surface area contributed by atoms with Crippen molar-refractivity contribution < 1.29 is 24.2 Å². The van der Waals surface area contributed by atoms with E-state index >= 15 is 0 Å². The number of nitrogens with one attached hydrogen (secondary N) is 3. The zero-order chi connectivity index (χ0) is 27.4. The number of hydrogen-bond acceptors (Lipinski definition) is 10. The Labute approximate surface area is 229 Å². The molecule has 3 heterocycles. The molecule has 1 atom stereocenters. The van der Waals surface area contributed by atoms with Crippen molar-refractivity contribution in [2.75, 3.05) is 30.9 Å². The Bertz CT molecular complexity index is 1520. The number of pyridine rings is 1. The molecule has 0 radical (unpaired) electrons. The minimum atomic E-state index is -0.446. The first-order valence-corrected chi connectivity index (χ1v) is 13.2. The molecule has 0 bridgehead atoms. The third kappa shape index (κ3) is 5.63. The number of methoxy groups -OCH3 is 1. The maximum atomic E-state index is 12.8. The molecule has 2 aromatic heterocycles. The largest absolute Gasteiger partial charge is 0.508 e. The molecule has 4 N–H and O–H groups in total. The number of carbonyl (C=O) groups excluding carboxylic acids is 2. The van der Waals surface area contributed by atoms with Gasteiger partial charge in [-0.25, -0.2) is 14.8 Å². The van der Waals surface area contributed by atoms with Gasteiger partial charge in [-0.1, -0.05) is 6.07 Å². The predicted molar refractivity (Wildman–Crippen MR) is 148 cm³/mol. The quantitative estimate of drug-likeness (QED) is 0.223. The minimum absolute atomic E-state index is 0.130. The van der Waals surface area contributed by atoms with Gasteiger partial charge >= 0.3 is 5.97 Å². The van der Waals surface area contributed by atoms with Crippen molar-refractivity contribution in [3.63, 3.8) is 0 Å². The number of thiazole rings is 1. The Morgan fingerprint density at radius 1 is 1.13 bits per heavy atom. The number of phenols is 1. The van der Waals surface area contributed by atoms with Crippen molar-refractivity contribution >= 4 is 34.6 Å². The number of amides is 1. The highest BCUT2D eigenvalue weighted by Crippen LogP contribution is 2.40. The van der Waals surface area contributed by atoms with Gasteiger partial charge in [0.25, 0.3) is 5.91 Å². The lowest BCUT2D eigenvalue weighted by Crippen LogP contribution is -2.25. The summed E-state index contributed by atoms with van der Waals surface area (Å²) >= 11 is 1.36. The van der Waals surface area contributed by atoms with Crippen LogP contribution in [0.2, 0.25) is 0 Å². The molecule has 1 unspecified atom stereocenters. The lowest BCUT2D eigenvalue weighted by atomic mass is 10.0. The van der Waals surface area contributed by atoms with Crippen LogP contribution >= 0.6 is 11.3 Å². The molecule has 11 heteroatoms. The Kier molecular flexibility index (Phi) is 7.60. The van der Waals surface area contributed by atoms with E-state index in [4.69, 9.17) is 9.47 Å². The van der Waals surface area contributed by atoms with Gasteiger partial charge in [0.2, 0.25) is 5.88 Å². The number of aromatic nitrogens is 2. The van der Waals surface area contributed by atoms with E-state index in [2.05, 4.69) is 25.9 Å². The van der Waals surface area contributed by atoms with Gasteiger partial charge in [-0.3, -0.25) is 4.79 Å². The van der Waals surface area contributed by atoms with Crippen LogP contribution in [0, 0.1) is 0 Å². The lowest BCUT2D eigenvalue weighted by molar-refractivity contribution is 0.0520. The second-order valence-corrected chi connectivity index (χ2v) is 9.61. The summed E-state index contributed by atoms with van der Waals surface area (Å²) in [6.45, 7) is 2.41. The van der Waals surface area contributed by atoms with Crippen LogP contribution in [0.15, 0.2) is 60.1 Å². The monoisotopic (exact) mass is 545 g/mol. The van der Waals surface area contributed by atoms with Crippen molar-refractivity contribution in [3.8, 4) is 22.8 Å². The lowest BCUT2D eigenvalue weighted by Gasteiger charge is -2.16. The Balaban J connectivity index is 1.23. The van der Waals surface area contributed by atoms with Crippen molar-refractivity contribution in [3.05, 3.63) is 81.9 Å². The molecule has 0 fully saturated rings. The molecule has 1 amide bonds. The molecule has 200 valence electrons. The van der Waals surface area contributed by atoms with Gasteiger partial charge in [0, 0.05) is 41.2 Å². The van der Waals surface area contributed by atoms with Crippen LogP contribution in [0.3, 0.4) is 0 Å². The molecule has 4 aromatic rings. The van der Waals surface area contributed by atoms with Gasteiger partial charge in [0.05, 0.1) is 30.1 Å². The molecule has 39 heavy (non-hydrogen) atoms. The summed E-state index contributed by atoms with van der Waals surface area (Å²) in [7, 11) is 1.57. The van der Waals surface area contributed by atoms with Crippen molar-refractivity contribution in [1.29, 1.82) is 0 Å². The zero-order valence-corrected chi connectivity index (χ0v) is 22.2. The number of anilines is 2. The second-order valence-electron chi connectivity index (χ2n) is 8.67. The summed E-state index contributed by atoms with van der Waals surface area (Å²) in [6, 6.07) is 14.4. The molecular formula is C28H27N5O5S. The van der Waals surface area contributed by atoms with Crippen molar-refractivity contribution in [2.24, 2.45) is 0 Å². The van der Waals surface area contributed by atoms with Crippen molar-refractivity contribution in [1.82, 2.24) is 15.3 Å². The number of phenolic OH excluding ortho intramolecular Hbond substituents is 1. The van der Waals surface area contributed by atoms with E-state index in [-0.39, 0.29) is 17.4 Å². The standard InChI is InChI=1S/C28H27N5O5S/c1-3-38-28(36)22-15-39-24(31-22)10-12-29-26(35)17-6-8-20-21(14-17)33-25(32-20)19-13-16(7-9-23(19)34)18-5-4-11-30-27(18)37-2/h4-9,11,13-15,25,32-34H,3,10,12H2,1-2H3,(H,29,35). The summed E-state index contributed by atoms with van der Waals surface area (Å²) in [5.41, 5.74) is 4.64. The predicted octanol–water partition coefficient (Wildman–Crippen LogP) is 4.60. The summed E-state index contributed by atoms with van der Waals surface area (Å²) in [5.74, 6) is -0.0439. The van der Waals surface area contributed by atoms with Crippen LogP contribution in [-0.2, 0) is 11.2 Å². The molecule has 0 spiro atoms. The zero-order valence-electron chi connectivity index (χ0n) is 21.4. The number of rotatable bonds is 9. The number of ether oxygens (including phenoxy) is 2. The van der Waals surface area contributed by atoms with Crippen LogP contribution < -0.4 is 20.7 Å². The average Bonchev–Trinajstić information content (AvgIpc) is 3.60. The summed E-state index contributed by atoms with van der Waals surface area (Å²) < 4.78 is 10.3. The van der Waals surface area contributed by atoms with Crippen LogP contribution in [0.4, 0.5) is 11.4 Å². The molecular weight excluding hydrogens is 518 g/mol. The van der Waals surface area contributed by atoms with E-state index in [1.807, 2.05) is 30.3 Å². The van der Waals surface area contributed by atoms with Crippen molar-refractivity contribution in [2.45, 2.75) is 19.5 Å². The SMILES string of the molecule is CCOC(=O)c1csc(CCNC(=O)c2ccc3c(c2)NC(c2cc(-c4cccnc4OC)ccc2O)N3)n1. The van der Waals surface area contributed by atoms with E-state index < -0.39 is 12.1 Å². The smallest absolute Gasteiger partial charge is 0.357 e. The normalized spacial score (nSPS) is 13.6.